The second kappa shape index (κ2) is 5.01. The maximum absolute atomic E-state index is 12.5. The number of ether oxygens (including phenoxy) is 1. The van der Waals surface area contributed by atoms with Crippen molar-refractivity contribution in [3.05, 3.63) is 24.3 Å². The van der Waals surface area contributed by atoms with Gasteiger partial charge in [0.15, 0.2) is 0 Å². The van der Waals surface area contributed by atoms with E-state index >= 15 is 0 Å². The molecule has 0 saturated heterocycles. The van der Waals surface area contributed by atoms with Gasteiger partial charge in [-0.2, -0.15) is 17.6 Å². The van der Waals surface area contributed by atoms with Crippen molar-refractivity contribution in [2.75, 3.05) is 11.0 Å². The first-order valence-corrected chi connectivity index (χ1v) is 6.42. The summed E-state index contributed by atoms with van der Waals surface area (Å²) in [5, 5.41) is 0. The van der Waals surface area contributed by atoms with Gasteiger partial charge in [0.1, 0.15) is 5.75 Å². The molecule has 1 N–H and O–H groups in total. The summed E-state index contributed by atoms with van der Waals surface area (Å²) in [5.41, 5.74) is 0.102. The molecule has 0 aliphatic rings. The third-order valence-corrected chi connectivity index (χ3v) is 2.27. The number of benzene rings is 1. The number of alkyl halides is 4. The molecule has 0 aliphatic carbocycles. The van der Waals surface area contributed by atoms with Crippen LogP contribution >= 0.6 is 0 Å². The van der Waals surface area contributed by atoms with E-state index in [0.29, 0.717) is 0 Å². The molecule has 1 rings (SSSR count). The minimum atomic E-state index is -4.59. The van der Waals surface area contributed by atoms with Gasteiger partial charge in [-0.15, -0.1) is 0 Å². The summed E-state index contributed by atoms with van der Waals surface area (Å²) in [7, 11) is -3.50. The van der Waals surface area contributed by atoms with Gasteiger partial charge in [0.2, 0.25) is 10.0 Å². The molecule has 0 aliphatic heterocycles. The molecule has 9 heteroatoms. The van der Waals surface area contributed by atoms with Gasteiger partial charge in [-0.1, -0.05) is 0 Å². The van der Waals surface area contributed by atoms with E-state index in [1.807, 2.05) is 0 Å². The Morgan fingerprint density at radius 3 is 2.11 bits per heavy atom. The van der Waals surface area contributed by atoms with Crippen molar-refractivity contribution in [1.82, 2.24) is 0 Å². The SMILES string of the molecule is CS(=O)(=O)Nc1ccc(OC(F)(F)C(F)F)cc1. The lowest BCUT2D eigenvalue weighted by Crippen LogP contribution is -2.33. The molecule has 1 aromatic carbocycles. The maximum Gasteiger partial charge on any atom is 0.461 e. The van der Waals surface area contributed by atoms with Crippen molar-refractivity contribution < 1.29 is 30.7 Å². The Morgan fingerprint density at radius 1 is 1.22 bits per heavy atom. The summed E-state index contributed by atoms with van der Waals surface area (Å²) >= 11 is 0. The van der Waals surface area contributed by atoms with Crippen LogP contribution in [0, 0.1) is 0 Å². The average Bonchev–Trinajstić information content (AvgIpc) is 2.18. The largest absolute Gasteiger partial charge is 0.461 e. The number of anilines is 1. The van der Waals surface area contributed by atoms with Crippen LogP contribution in [0.4, 0.5) is 23.2 Å². The number of rotatable bonds is 5. The van der Waals surface area contributed by atoms with Crippen LogP contribution in [0.5, 0.6) is 5.75 Å². The van der Waals surface area contributed by atoms with E-state index < -0.39 is 28.3 Å². The summed E-state index contributed by atoms with van der Waals surface area (Å²) in [4.78, 5) is 0. The molecule has 0 radical (unpaired) electrons. The fourth-order valence-corrected chi connectivity index (χ4v) is 1.57. The monoisotopic (exact) mass is 287 g/mol. The highest BCUT2D eigenvalue weighted by atomic mass is 32.2. The topological polar surface area (TPSA) is 55.4 Å². The molecule has 1 aromatic rings. The van der Waals surface area contributed by atoms with Gasteiger partial charge in [-0.3, -0.25) is 4.72 Å². The number of hydrogen-bond acceptors (Lipinski definition) is 3. The standard InChI is InChI=1S/C9H9F4NO3S/c1-18(15,16)14-6-2-4-7(5-3-6)17-9(12,13)8(10)11/h2-5,8,14H,1H3. The Morgan fingerprint density at radius 2 is 1.72 bits per heavy atom. The van der Waals surface area contributed by atoms with Crippen LogP contribution in [-0.4, -0.2) is 27.2 Å². The highest BCUT2D eigenvalue weighted by Gasteiger charge is 2.43. The maximum atomic E-state index is 12.5. The quantitative estimate of drug-likeness (QED) is 0.845. The van der Waals surface area contributed by atoms with Crippen molar-refractivity contribution >= 4 is 15.7 Å². The second-order valence-electron chi connectivity index (χ2n) is 3.36. The summed E-state index contributed by atoms with van der Waals surface area (Å²) in [5.74, 6) is -0.501. The Labute approximate surface area is 101 Å². The van der Waals surface area contributed by atoms with E-state index in [2.05, 4.69) is 9.46 Å². The van der Waals surface area contributed by atoms with E-state index in [1.54, 1.807) is 0 Å². The fourth-order valence-electron chi connectivity index (χ4n) is 1.01. The van der Waals surface area contributed by atoms with Gasteiger partial charge in [0.05, 0.1) is 6.26 Å². The highest BCUT2D eigenvalue weighted by molar-refractivity contribution is 7.92. The van der Waals surface area contributed by atoms with Crippen molar-refractivity contribution in [3.8, 4) is 5.75 Å². The van der Waals surface area contributed by atoms with Crippen molar-refractivity contribution in [3.63, 3.8) is 0 Å². The van der Waals surface area contributed by atoms with Crippen molar-refractivity contribution in [2.45, 2.75) is 12.5 Å². The zero-order valence-electron chi connectivity index (χ0n) is 9.03. The van der Waals surface area contributed by atoms with Gasteiger partial charge in [-0.05, 0) is 24.3 Å². The smallest absolute Gasteiger partial charge is 0.428 e. The van der Waals surface area contributed by atoms with Gasteiger partial charge in [0.25, 0.3) is 0 Å². The van der Waals surface area contributed by atoms with Gasteiger partial charge in [-0.25, -0.2) is 8.42 Å². The molecule has 18 heavy (non-hydrogen) atoms. The summed E-state index contributed by atoms with van der Waals surface area (Å²) in [6.07, 6.45) is -7.64. The highest BCUT2D eigenvalue weighted by Crippen LogP contribution is 2.28. The molecule has 0 spiro atoms. The lowest BCUT2D eigenvalue weighted by atomic mass is 10.3. The van der Waals surface area contributed by atoms with Crippen LogP contribution in [0.2, 0.25) is 0 Å². The molecule has 0 aromatic heterocycles. The molecule has 0 amide bonds. The Balaban J connectivity index is 2.78. The first kappa shape index (κ1) is 14.6. The normalized spacial score (nSPS) is 12.6. The third kappa shape index (κ3) is 4.40. The van der Waals surface area contributed by atoms with Crippen LogP contribution in [-0.2, 0) is 10.0 Å². The van der Waals surface area contributed by atoms with Gasteiger partial charge >= 0.3 is 12.5 Å². The van der Waals surface area contributed by atoms with E-state index in [0.717, 1.165) is 30.5 Å². The Hall–Kier alpha value is -1.51. The minimum absolute atomic E-state index is 0.102. The molecular formula is C9H9F4NO3S. The number of nitrogens with one attached hydrogen (secondary N) is 1. The third-order valence-electron chi connectivity index (χ3n) is 1.67. The molecule has 0 bridgehead atoms. The summed E-state index contributed by atoms with van der Waals surface area (Å²) in [6, 6.07) is 4.11. The molecule has 4 nitrogen and oxygen atoms in total. The van der Waals surface area contributed by atoms with Crippen LogP contribution in [0.1, 0.15) is 0 Å². The molecule has 0 fully saturated rings. The summed E-state index contributed by atoms with van der Waals surface area (Å²) in [6.45, 7) is 0. The summed E-state index contributed by atoms with van der Waals surface area (Å²) < 4.78 is 76.3. The second-order valence-corrected chi connectivity index (χ2v) is 5.11. The molecule has 0 unspecified atom stereocenters. The molecule has 102 valence electrons. The van der Waals surface area contributed by atoms with Crippen molar-refractivity contribution in [2.24, 2.45) is 0 Å². The molecule has 0 atom stereocenters. The first-order valence-electron chi connectivity index (χ1n) is 4.53. The van der Waals surface area contributed by atoms with Crippen molar-refractivity contribution in [1.29, 1.82) is 0 Å². The van der Waals surface area contributed by atoms with E-state index in [9.17, 15) is 26.0 Å². The zero-order chi connectivity index (χ0) is 14.0. The van der Waals surface area contributed by atoms with Gasteiger partial charge < -0.3 is 4.74 Å². The predicted molar refractivity (Wildman–Crippen MR) is 56.5 cm³/mol. The minimum Gasteiger partial charge on any atom is -0.428 e. The fraction of sp³-hybridized carbons (Fsp3) is 0.333. The van der Waals surface area contributed by atoms with Crippen LogP contribution < -0.4 is 9.46 Å². The molecule has 0 saturated carbocycles. The predicted octanol–water partition coefficient (Wildman–Crippen LogP) is 2.29. The molecular weight excluding hydrogens is 278 g/mol. The zero-order valence-corrected chi connectivity index (χ0v) is 9.85. The first-order chi connectivity index (χ1) is 8.10. The van der Waals surface area contributed by atoms with Crippen LogP contribution in [0.25, 0.3) is 0 Å². The Bertz CT molecular complexity index is 501. The van der Waals surface area contributed by atoms with Crippen LogP contribution in [0.15, 0.2) is 24.3 Å². The average molecular weight is 287 g/mol. The van der Waals surface area contributed by atoms with Gasteiger partial charge in [0, 0.05) is 5.69 Å². The number of hydrogen-bond donors (Lipinski definition) is 1. The lowest BCUT2D eigenvalue weighted by molar-refractivity contribution is -0.253. The van der Waals surface area contributed by atoms with E-state index in [4.69, 9.17) is 0 Å². The number of halogens is 4. The lowest BCUT2D eigenvalue weighted by Gasteiger charge is -2.16. The molecule has 0 heterocycles. The van der Waals surface area contributed by atoms with E-state index in [-0.39, 0.29) is 5.69 Å². The van der Waals surface area contributed by atoms with Crippen LogP contribution in [0.3, 0.4) is 0 Å². The number of sulfonamides is 1. The Kier molecular flexibility index (Phi) is 4.05. The van der Waals surface area contributed by atoms with E-state index in [1.165, 1.54) is 0 Å².